The molecule has 3 nitrogen and oxygen atoms in total. The van der Waals surface area contributed by atoms with Crippen LogP contribution in [0.4, 0.5) is 5.69 Å². The standard InChI is InChI=1S/C17H18BrNO2/c1-2-21-16-8-6-15(7-9-16)19-11-10-17(20)13-4-3-5-14(18)12-13/h3-9,12,19H,2,10-11H2,1H3. The van der Waals surface area contributed by atoms with Crippen LogP contribution in [0.3, 0.4) is 0 Å². The third kappa shape index (κ3) is 4.90. The maximum atomic E-state index is 12.0. The molecular formula is C17H18BrNO2. The molecule has 1 N–H and O–H groups in total. The number of hydrogen-bond acceptors (Lipinski definition) is 3. The van der Waals surface area contributed by atoms with Gasteiger partial charge in [-0.15, -0.1) is 0 Å². The van der Waals surface area contributed by atoms with Crippen molar-refractivity contribution in [1.29, 1.82) is 0 Å². The van der Waals surface area contributed by atoms with Crippen molar-refractivity contribution in [3.8, 4) is 5.75 Å². The third-order valence-corrected chi connectivity index (χ3v) is 3.49. The van der Waals surface area contributed by atoms with Crippen LogP contribution < -0.4 is 10.1 Å². The van der Waals surface area contributed by atoms with Gasteiger partial charge in [-0.3, -0.25) is 4.79 Å². The van der Waals surface area contributed by atoms with Gasteiger partial charge < -0.3 is 10.1 Å². The van der Waals surface area contributed by atoms with Gasteiger partial charge in [-0.2, -0.15) is 0 Å². The number of carbonyl (C=O) groups is 1. The Morgan fingerprint density at radius 3 is 2.62 bits per heavy atom. The molecule has 0 aliphatic heterocycles. The fraction of sp³-hybridized carbons (Fsp3) is 0.235. The number of rotatable bonds is 7. The molecule has 2 aromatic rings. The Balaban J connectivity index is 1.82. The Morgan fingerprint density at radius 2 is 1.95 bits per heavy atom. The molecule has 0 saturated heterocycles. The molecule has 0 amide bonds. The highest BCUT2D eigenvalue weighted by atomic mass is 79.9. The minimum Gasteiger partial charge on any atom is -0.494 e. The lowest BCUT2D eigenvalue weighted by Crippen LogP contribution is -2.08. The van der Waals surface area contributed by atoms with Crippen molar-refractivity contribution in [3.63, 3.8) is 0 Å². The number of ketones is 1. The molecule has 0 aliphatic carbocycles. The van der Waals surface area contributed by atoms with Crippen molar-refractivity contribution in [3.05, 3.63) is 58.6 Å². The van der Waals surface area contributed by atoms with Gasteiger partial charge in [0, 0.05) is 28.7 Å². The Kier molecular flexibility index (Phi) is 5.81. The summed E-state index contributed by atoms with van der Waals surface area (Å²) in [6, 6.07) is 15.2. The Morgan fingerprint density at radius 1 is 1.19 bits per heavy atom. The van der Waals surface area contributed by atoms with Gasteiger partial charge in [0.1, 0.15) is 5.75 Å². The van der Waals surface area contributed by atoms with E-state index >= 15 is 0 Å². The average Bonchev–Trinajstić information content (AvgIpc) is 2.49. The first kappa shape index (κ1) is 15.6. The lowest BCUT2D eigenvalue weighted by Gasteiger charge is -2.08. The molecule has 0 aromatic heterocycles. The van der Waals surface area contributed by atoms with E-state index in [1.165, 1.54) is 0 Å². The SMILES string of the molecule is CCOc1ccc(NCCC(=O)c2cccc(Br)c2)cc1. The van der Waals surface area contributed by atoms with Gasteiger partial charge in [-0.05, 0) is 43.3 Å². The maximum Gasteiger partial charge on any atom is 0.164 e. The molecular weight excluding hydrogens is 330 g/mol. The third-order valence-electron chi connectivity index (χ3n) is 2.99. The number of hydrogen-bond donors (Lipinski definition) is 1. The molecule has 21 heavy (non-hydrogen) atoms. The summed E-state index contributed by atoms with van der Waals surface area (Å²) in [4.78, 5) is 12.0. The molecule has 0 unspecified atom stereocenters. The predicted octanol–water partition coefficient (Wildman–Crippen LogP) is 4.53. The van der Waals surface area contributed by atoms with Crippen LogP contribution in [0.1, 0.15) is 23.7 Å². The van der Waals surface area contributed by atoms with E-state index in [1.807, 2.05) is 55.5 Å². The van der Waals surface area contributed by atoms with Gasteiger partial charge in [0.15, 0.2) is 5.78 Å². The van der Waals surface area contributed by atoms with E-state index in [-0.39, 0.29) is 5.78 Å². The van der Waals surface area contributed by atoms with Gasteiger partial charge in [0.25, 0.3) is 0 Å². The minimum absolute atomic E-state index is 0.134. The molecule has 2 aromatic carbocycles. The fourth-order valence-electron chi connectivity index (χ4n) is 1.96. The molecule has 2 rings (SSSR count). The average molecular weight is 348 g/mol. The molecule has 0 atom stereocenters. The molecule has 0 saturated carbocycles. The molecule has 4 heteroatoms. The highest BCUT2D eigenvalue weighted by molar-refractivity contribution is 9.10. The van der Waals surface area contributed by atoms with E-state index in [0.29, 0.717) is 19.6 Å². The number of Topliss-reactive ketones (excluding diaryl/α,β-unsaturated/α-hetero) is 1. The molecule has 0 bridgehead atoms. The molecule has 0 aliphatic rings. The minimum atomic E-state index is 0.134. The van der Waals surface area contributed by atoms with Crippen LogP contribution in [0.25, 0.3) is 0 Å². The molecule has 0 heterocycles. The first-order valence-corrected chi connectivity index (χ1v) is 7.74. The van der Waals surface area contributed by atoms with Crippen LogP contribution in [0, 0.1) is 0 Å². The van der Waals surface area contributed by atoms with E-state index in [4.69, 9.17) is 4.74 Å². The first-order chi connectivity index (χ1) is 10.2. The van der Waals surface area contributed by atoms with Crippen molar-refractivity contribution in [2.75, 3.05) is 18.5 Å². The zero-order chi connectivity index (χ0) is 15.1. The summed E-state index contributed by atoms with van der Waals surface area (Å²) in [6.45, 7) is 3.23. The highest BCUT2D eigenvalue weighted by Gasteiger charge is 2.05. The summed E-state index contributed by atoms with van der Waals surface area (Å²) in [7, 11) is 0. The number of ether oxygens (including phenoxy) is 1. The Labute approximate surface area is 133 Å². The smallest absolute Gasteiger partial charge is 0.164 e. The highest BCUT2D eigenvalue weighted by Crippen LogP contribution is 2.16. The van der Waals surface area contributed by atoms with E-state index in [1.54, 1.807) is 0 Å². The van der Waals surface area contributed by atoms with Crippen LogP contribution in [-0.2, 0) is 0 Å². The summed E-state index contributed by atoms with van der Waals surface area (Å²) in [5.41, 5.74) is 1.72. The zero-order valence-electron chi connectivity index (χ0n) is 11.9. The second-order valence-electron chi connectivity index (χ2n) is 4.57. The van der Waals surface area contributed by atoms with Crippen molar-refractivity contribution < 1.29 is 9.53 Å². The van der Waals surface area contributed by atoms with E-state index in [0.717, 1.165) is 21.5 Å². The molecule has 110 valence electrons. The molecule has 0 fully saturated rings. The van der Waals surface area contributed by atoms with Crippen LogP contribution in [-0.4, -0.2) is 18.9 Å². The van der Waals surface area contributed by atoms with Crippen molar-refractivity contribution in [1.82, 2.24) is 0 Å². The quantitative estimate of drug-likeness (QED) is 0.747. The number of halogens is 1. The normalized spacial score (nSPS) is 10.2. The van der Waals surface area contributed by atoms with E-state index in [9.17, 15) is 4.79 Å². The summed E-state index contributed by atoms with van der Waals surface area (Å²) in [6.07, 6.45) is 0.462. The van der Waals surface area contributed by atoms with Crippen molar-refractivity contribution in [2.24, 2.45) is 0 Å². The monoisotopic (exact) mass is 347 g/mol. The zero-order valence-corrected chi connectivity index (χ0v) is 13.5. The Hall–Kier alpha value is -1.81. The summed E-state index contributed by atoms with van der Waals surface area (Å²) in [5.74, 6) is 0.989. The number of anilines is 1. The summed E-state index contributed by atoms with van der Waals surface area (Å²) >= 11 is 3.38. The first-order valence-electron chi connectivity index (χ1n) is 6.94. The second kappa shape index (κ2) is 7.84. The van der Waals surface area contributed by atoms with E-state index in [2.05, 4.69) is 21.2 Å². The van der Waals surface area contributed by atoms with Crippen LogP contribution in [0.2, 0.25) is 0 Å². The largest absolute Gasteiger partial charge is 0.494 e. The van der Waals surface area contributed by atoms with Crippen molar-refractivity contribution >= 4 is 27.4 Å². The van der Waals surface area contributed by atoms with E-state index < -0.39 is 0 Å². The number of nitrogens with one attached hydrogen (secondary N) is 1. The second-order valence-corrected chi connectivity index (χ2v) is 5.48. The maximum absolute atomic E-state index is 12.0. The van der Waals surface area contributed by atoms with Crippen LogP contribution in [0.15, 0.2) is 53.0 Å². The fourth-order valence-corrected chi connectivity index (χ4v) is 2.36. The van der Waals surface area contributed by atoms with Gasteiger partial charge in [0.2, 0.25) is 0 Å². The predicted molar refractivity (Wildman–Crippen MR) is 89.2 cm³/mol. The van der Waals surface area contributed by atoms with Gasteiger partial charge >= 0.3 is 0 Å². The molecule has 0 radical (unpaired) electrons. The number of carbonyl (C=O) groups excluding carboxylic acids is 1. The summed E-state index contributed by atoms with van der Waals surface area (Å²) < 4.78 is 6.31. The van der Waals surface area contributed by atoms with Gasteiger partial charge in [0.05, 0.1) is 6.61 Å². The van der Waals surface area contributed by atoms with Gasteiger partial charge in [-0.1, -0.05) is 28.1 Å². The topological polar surface area (TPSA) is 38.3 Å². The lowest BCUT2D eigenvalue weighted by molar-refractivity contribution is 0.0986. The summed E-state index contributed by atoms with van der Waals surface area (Å²) in [5, 5.41) is 3.24. The van der Waals surface area contributed by atoms with Gasteiger partial charge in [-0.25, -0.2) is 0 Å². The van der Waals surface area contributed by atoms with Crippen LogP contribution >= 0.6 is 15.9 Å². The number of benzene rings is 2. The van der Waals surface area contributed by atoms with Crippen molar-refractivity contribution in [2.45, 2.75) is 13.3 Å². The molecule has 0 spiro atoms. The van der Waals surface area contributed by atoms with Crippen LogP contribution in [0.5, 0.6) is 5.75 Å². The Bertz CT molecular complexity index is 596. The lowest BCUT2D eigenvalue weighted by atomic mass is 10.1.